The van der Waals surface area contributed by atoms with Gasteiger partial charge < -0.3 is 4.74 Å². The first kappa shape index (κ1) is 13.6. The maximum absolute atomic E-state index is 11.9. The van der Waals surface area contributed by atoms with Crippen molar-refractivity contribution in [3.63, 3.8) is 0 Å². The Morgan fingerprint density at radius 3 is 2.76 bits per heavy atom. The number of hydrogen-bond acceptors (Lipinski definition) is 4. The smallest absolute Gasteiger partial charge is 0.241 e. The number of ether oxygens (including phenoxy) is 1. The molecule has 1 rings (SSSR count). The van der Waals surface area contributed by atoms with Crippen LogP contribution in [-0.2, 0) is 14.8 Å². The molecule has 0 aliphatic rings. The van der Waals surface area contributed by atoms with Gasteiger partial charge in [-0.2, -0.15) is 5.26 Å². The Balaban J connectivity index is 2.80. The molecule has 0 radical (unpaired) electrons. The van der Waals surface area contributed by atoms with Gasteiger partial charge in [0.05, 0.1) is 17.1 Å². The molecule has 1 aromatic carbocycles. The van der Waals surface area contributed by atoms with Gasteiger partial charge in [0.1, 0.15) is 6.07 Å². The highest BCUT2D eigenvalue weighted by molar-refractivity contribution is 7.89. The molecular formula is C11H14N2O3S. The number of benzene rings is 1. The molecular weight excluding hydrogens is 240 g/mol. The third kappa shape index (κ3) is 3.82. The van der Waals surface area contributed by atoms with Crippen molar-refractivity contribution < 1.29 is 13.2 Å². The number of hydrogen-bond donors (Lipinski definition) is 1. The zero-order valence-electron chi connectivity index (χ0n) is 9.51. The van der Waals surface area contributed by atoms with E-state index < -0.39 is 10.0 Å². The highest BCUT2D eigenvalue weighted by Crippen LogP contribution is 2.13. The van der Waals surface area contributed by atoms with E-state index in [2.05, 4.69) is 4.72 Å². The number of sulfonamides is 1. The lowest BCUT2D eigenvalue weighted by molar-refractivity contribution is 0.153. The Hall–Kier alpha value is -1.42. The molecule has 5 nitrogen and oxygen atoms in total. The van der Waals surface area contributed by atoms with Crippen LogP contribution >= 0.6 is 0 Å². The zero-order valence-corrected chi connectivity index (χ0v) is 10.3. The van der Waals surface area contributed by atoms with E-state index in [1.807, 2.05) is 13.0 Å². The standard InChI is InChI=1S/C11H14N2O3S/c1-2-16-8-7-13-17(14,15)11-6-4-3-5-10(11)9-12/h3-6,13H,2,7-8H2,1H3. The molecule has 0 aromatic heterocycles. The third-order valence-electron chi connectivity index (χ3n) is 2.04. The van der Waals surface area contributed by atoms with Crippen molar-refractivity contribution in [3.05, 3.63) is 29.8 Å². The highest BCUT2D eigenvalue weighted by Gasteiger charge is 2.17. The van der Waals surface area contributed by atoms with Gasteiger partial charge in [-0.05, 0) is 19.1 Å². The van der Waals surface area contributed by atoms with E-state index in [0.29, 0.717) is 13.2 Å². The van der Waals surface area contributed by atoms with Crippen LogP contribution in [0.2, 0.25) is 0 Å². The first-order valence-electron chi connectivity index (χ1n) is 5.18. The van der Waals surface area contributed by atoms with Gasteiger partial charge in [0.2, 0.25) is 10.0 Å². The maximum Gasteiger partial charge on any atom is 0.241 e. The summed E-state index contributed by atoms with van der Waals surface area (Å²) >= 11 is 0. The summed E-state index contributed by atoms with van der Waals surface area (Å²) in [5, 5.41) is 8.82. The van der Waals surface area contributed by atoms with Gasteiger partial charge in [-0.3, -0.25) is 0 Å². The fraction of sp³-hybridized carbons (Fsp3) is 0.364. The lowest BCUT2D eigenvalue weighted by atomic mass is 10.2. The maximum atomic E-state index is 11.9. The number of rotatable bonds is 6. The predicted octanol–water partition coefficient (Wildman–Crippen LogP) is 0.873. The summed E-state index contributed by atoms with van der Waals surface area (Å²) in [5.74, 6) is 0. The number of nitriles is 1. The molecule has 92 valence electrons. The van der Waals surface area contributed by atoms with Crippen molar-refractivity contribution in [2.24, 2.45) is 0 Å². The SMILES string of the molecule is CCOCCNS(=O)(=O)c1ccccc1C#N. The molecule has 0 bridgehead atoms. The fourth-order valence-corrected chi connectivity index (χ4v) is 2.43. The van der Waals surface area contributed by atoms with Gasteiger partial charge in [-0.1, -0.05) is 12.1 Å². The Morgan fingerprint density at radius 1 is 1.41 bits per heavy atom. The van der Waals surface area contributed by atoms with Gasteiger partial charge in [-0.25, -0.2) is 13.1 Å². The minimum absolute atomic E-state index is 0.000927. The summed E-state index contributed by atoms with van der Waals surface area (Å²) in [6.45, 7) is 2.87. The summed E-state index contributed by atoms with van der Waals surface area (Å²) < 4.78 is 31.1. The Kier molecular flexibility index (Phi) is 5.10. The zero-order chi connectivity index (χ0) is 12.7. The molecule has 6 heteroatoms. The van der Waals surface area contributed by atoms with Gasteiger partial charge in [0.15, 0.2) is 0 Å². The fourth-order valence-electron chi connectivity index (χ4n) is 1.26. The second-order valence-corrected chi connectivity index (χ2v) is 4.94. The van der Waals surface area contributed by atoms with Crippen molar-refractivity contribution >= 4 is 10.0 Å². The van der Waals surface area contributed by atoms with E-state index >= 15 is 0 Å². The molecule has 17 heavy (non-hydrogen) atoms. The van der Waals surface area contributed by atoms with E-state index in [-0.39, 0.29) is 17.0 Å². The van der Waals surface area contributed by atoms with Crippen LogP contribution in [0.5, 0.6) is 0 Å². The van der Waals surface area contributed by atoms with Crippen LogP contribution in [0.15, 0.2) is 29.2 Å². The van der Waals surface area contributed by atoms with Crippen LogP contribution in [-0.4, -0.2) is 28.2 Å². The molecule has 0 aliphatic heterocycles. The average Bonchev–Trinajstić information content (AvgIpc) is 2.34. The number of nitrogens with zero attached hydrogens (tertiary/aromatic N) is 1. The van der Waals surface area contributed by atoms with Crippen LogP contribution in [0.3, 0.4) is 0 Å². The van der Waals surface area contributed by atoms with E-state index in [9.17, 15) is 8.42 Å². The molecule has 1 aromatic rings. The predicted molar refractivity (Wildman–Crippen MR) is 62.8 cm³/mol. The molecule has 0 unspecified atom stereocenters. The van der Waals surface area contributed by atoms with Crippen LogP contribution in [0, 0.1) is 11.3 Å². The first-order chi connectivity index (χ1) is 8.11. The van der Waals surface area contributed by atoms with Crippen molar-refractivity contribution in [2.75, 3.05) is 19.8 Å². The summed E-state index contributed by atoms with van der Waals surface area (Å²) in [4.78, 5) is -0.000927. The second kappa shape index (κ2) is 6.35. The minimum Gasteiger partial charge on any atom is -0.380 e. The monoisotopic (exact) mass is 254 g/mol. The van der Waals surface area contributed by atoms with Gasteiger partial charge >= 0.3 is 0 Å². The summed E-state index contributed by atoms with van der Waals surface area (Å²) in [5.41, 5.74) is 0.136. The molecule has 0 amide bonds. The highest BCUT2D eigenvalue weighted by atomic mass is 32.2. The molecule has 1 N–H and O–H groups in total. The number of nitrogens with one attached hydrogen (secondary N) is 1. The molecule has 0 spiro atoms. The summed E-state index contributed by atoms with van der Waals surface area (Å²) in [7, 11) is -3.64. The van der Waals surface area contributed by atoms with Crippen LogP contribution in [0.25, 0.3) is 0 Å². The minimum atomic E-state index is -3.64. The van der Waals surface area contributed by atoms with Gasteiger partial charge in [0.25, 0.3) is 0 Å². The molecule has 0 heterocycles. The normalized spacial score (nSPS) is 11.1. The summed E-state index contributed by atoms with van der Waals surface area (Å²) in [6.07, 6.45) is 0. The van der Waals surface area contributed by atoms with Crippen LogP contribution in [0.1, 0.15) is 12.5 Å². The lowest BCUT2D eigenvalue weighted by Crippen LogP contribution is -2.28. The van der Waals surface area contributed by atoms with Crippen LogP contribution in [0.4, 0.5) is 0 Å². The lowest BCUT2D eigenvalue weighted by Gasteiger charge is -2.07. The van der Waals surface area contributed by atoms with Crippen molar-refractivity contribution in [1.82, 2.24) is 4.72 Å². The Labute approximate surface area is 101 Å². The largest absolute Gasteiger partial charge is 0.380 e. The topological polar surface area (TPSA) is 79.2 Å². The van der Waals surface area contributed by atoms with E-state index in [4.69, 9.17) is 10.00 Å². The molecule has 0 aliphatic carbocycles. The average molecular weight is 254 g/mol. The van der Waals surface area contributed by atoms with Crippen molar-refractivity contribution in [3.8, 4) is 6.07 Å². The quantitative estimate of drug-likeness (QED) is 0.764. The van der Waals surface area contributed by atoms with Crippen LogP contribution < -0.4 is 4.72 Å². The Bertz CT molecular complexity index is 506. The van der Waals surface area contributed by atoms with E-state index in [1.54, 1.807) is 12.1 Å². The summed E-state index contributed by atoms with van der Waals surface area (Å²) in [6, 6.07) is 7.93. The van der Waals surface area contributed by atoms with Gasteiger partial charge in [0, 0.05) is 13.2 Å². The van der Waals surface area contributed by atoms with E-state index in [0.717, 1.165) is 0 Å². The molecule has 0 atom stereocenters. The molecule has 0 saturated heterocycles. The first-order valence-corrected chi connectivity index (χ1v) is 6.66. The van der Waals surface area contributed by atoms with Crippen molar-refractivity contribution in [2.45, 2.75) is 11.8 Å². The van der Waals surface area contributed by atoms with Crippen molar-refractivity contribution in [1.29, 1.82) is 5.26 Å². The van der Waals surface area contributed by atoms with Gasteiger partial charge in [-0.15, -0.1) is 0 Å². The molecule has 0 saturated carbocycles. The van der Waals surface area contributed by atoms with E-state index in [1.165, 1.54) is 12.1 Å². The Morgan fingerprint density at radius 2 is 2.12 bits per heavy atom. The second-order valence-electron chi connectivity index (χ2n) is 3.20. The molecule has 0 fully saturated rings. The third-order valence-corrected chi connectivity index (χ3v) is 3.56.